The highest BCUT2D eigenvalue weighted by Crippen LogP contribution is 2.12. The van der Waals surface area contributed by atoms with Gasteiger partial charge in [-0.1, -0.05) is 6.07 Å². The fraction of sp³-hybridized carbons (Fsp3) is 0.250. The fourth-order valence-electron chi connectivity index (χ4n) is 1.55. The molecule has 0 saturated carbocycles. The molecule has 0 radical (unpaired) electrons. The van der Waals surface area contributed by atoms with Crippen molar-refractivity contribution in [3.8, 4) is 6.07 Å². The number of hydrogen-bond donors (Lipinski definition) is 1. The number of aromatic nitrogens is 2. The molecule has 0 fully saturated rings. The first-order valence-corrected chi connectivity index (χ1v) is 6.32. The molecule has 0 spiro atoms. The molecular weight excluding hydrogens is 248 g/mol. The Morgan fingerprint density at radius 2 is 2.44 bits per heavy atom. The number of nitrogens with zero attached hydrogens (tertiary/aromatic N) is 3. The second-order valence-electron chi connectivity index (χ2n) is 3.82. The van der Waals surface area contributed by atoms with Crippen molar-refractivity contribution in [3.05, 3.63) is 44.6 Å². The van der Waals surface area contributed by atoms with E-state index >= 15 is 0 Å². The molecule has 2 rings (SSSR count). The van der Waals surface area contributed by atoms with E-state index in [1.165, 1.54) is 4.88 Å². The maximum Gasteiger partial charge on any atom is 0.347 e. The molecule has 2 aromatic rings. The van der Waals surface area contributed by atoms with E-state index in [1.807, 2.05) is 29.5 Å². The molecule has 2 heterocycles. The molecule has 0 aromatic carbocycles. The average molecular weight is 260 g/mol. The van der Waals surface area contributed by atoms with E-state index in [0.717, 1.165) is 13.0 Å². The van der Waals surface area contributed by atoms with Crippen LogP contribution in [0.5, 0.6) is 0 Å². The van der Waals surface area contributed by atoms with Crippen LogP contribution in [0.3, 0.4) is 0 Å². The number of hydrogen-bond acceptors (Lipinski definition) is 5. The molecule has 0 aliphatic heterocycles. The maximum absolute atomic E-state index is 11.3. The normalized spacial score (nSPS) is 10.0. The average Bonchev–Trinajstić information content (AvgIpc) is 2.88. The van der Waals surface area contributed by atoms with Crippen LogP contribution in [0.4, 0.5) is 5.82 Å². The Kier molecular flexibility index (Phi) is 3.75. The molecule has 0 bridgehead atoms. The van der Waals surface area contributed by atoms with E-state index in [0.29, 0.717) is 5.82 Å². The predicted octanol–water partition coefficient (Wildman–Crippen LogP) is 1.38. The lowest BCUT2D eigenvalue weighted by Gasteiger charge is -2.17. The molecule has 6 heteroatoms. The van der Waals surface area contributed by atoms with Gasteiger partial charge in [0.1, 0.15) is 17.6 Å². The van der Waals surface area contributed by atoms with E-state index in [4.69, 9.17) is 5.26 Å². The predicted molar refractivity (Wildman–Crippen MR) is 70.9 cm³/mol. The molecule has 0 atom stereocenters. The van der Waals surface area contributed by atoms with Crippen molar-refractivity contribution in [2.45, 2.75) is 6.42 Å². The summed E-state index contributed by atoms with van der Waals surface area (Å²) >= 11 is 1.70. The Morgan fingerprint density at radius 3 is 3.11 bits per heavy atom. The Hall–Kier alpha value is -2.13. The van der Waals surface area contributed by atoms with Gasteiger partial charge in [-0.3, -0.25) is 4.98 Å². The van der Waals surface area contributed by atoms with Gasteiger partial charge in [-0.05, 0) is 17.9 Å². The first-order chi connectivity index (χ1) is 8.69. The van der Waals surface area contributed by atoms with Crippen LogP contribution in [0, 0.1) is 11.3 Å². The minimum atomic E-state index is -0.493. The van der Waals surface area contributed by atoms with Gasteiger partial charge in [-0.25, -0.2) is 4.79 Å². The van der Waals surface area contributed by atoms with Gasteiger partial charge in [0.15, 0.2) is 0 Å². The highest BCUT2D eigenvalue weighted by atomic mass is 32.1. The van der Waals surface area contributed by atoms with Gasteiger partial charge in [-0.2, -0.15) is 10.2 Å². The molecule has 0 amide bonds. The second kappa shape index (κ2) is 5.47. The van der Waals surface area contributed by atoms with Crippen molar-refractivity contribution in [2.75, 3.05) is 18.5 Å². The Bertz CT molecular complexity index is 612. The minimum Gasteiger partial charge on any atom is -0.359 e. The van der Waals surface area contributed by atoms with Crippen LogP contribution in [0.1, 0.15) is 10.6 Å². The van der Waals surface area contributed by atoms with Crippen LogP contribution in [0.15, 0.2) is 28.4 Å². The minimum absolute atomic E-state index is 0.230. The van der Waals surface area contributed by atoms with E-state index in [9.17, 15) is 4.79 Å². The summed E-state index contributed by atoms with van der Waals surface area (Å²) in [5.41, 5.74) is -0.264. The zero-order chi connectivity index (χ0) is 13.0. The summed E-state index contributed by atoms with van der Waals surface area (Å²) in [7, 11) is 1.86. The summed E-state index contributed by atoms with van der Waals surface area (Å²) in [5, 5.41) is 10.8. The molecular formula is C12H12N4OS. The lowest BCUT2D eigenvalue weighted by Crippen LogP contribution is -2.25. The highest BCUT2D eigenvalue weighted by molar-refractivity contribution is 7.09. The van der Waals surface area contributed by atoms with Crippen molar-refractivity contribution in [3.63, 3.8) is 0 Å². The van der Waals surface area contributed by atoms with Gasteiger partial charge < -0.3 is 4.90 Å². The highest BCUT2D eigenvalue weighted by Gasteiger charge is 2.06. The van der Waals surface area contributed by atoms with E-state index in [-0.39, 0.29) is 5.69 Å². The van der Waals surface area contributed by atoms with E-state index in [2.05, 4.69) is 16.0 Å². The van der Waals surface area contributed by atoms with Crippen LogP contribution in [0.25, 0.3) is 0 Å². The molecule has 1 N–H and O–H groups in total. The molecule has 18 heavy (non-hydrogen) atoms. The molecule has 2 aromatic heterocycles. The number of nitrogens with one attached hydrogen (secondary N) is 1. The fourth-order valence-corrected chi connectivity index (χ4v) is 2.25. The molecule has 5 nitrogen and oxygen atoms in total. The van der Waals surface area contributed by atoms with Crippen LogP contribution < -0.4 is 10.6 Å². The number of thiophene rings is 1. The number of nitriles is 1. The van der Waals surface area contributed by atoms with Crippen LogP contribution in [-0.2, 0) is 6.42 Å². The van der Waals surface area contributed by atoms with Crippen molar-refractivity contribution in [1.82, 2.24) is 9.97 Å². The van der Waals surface area contributed by atoms with Crippen LogP contribution in [-0.4, -0.2) is 23.6 Å². The van der Waals surface area contributed by atoms with E-state index < -0.39 is 5.69 Å². The van der Waals surface area contributed by atoms with Gasteiger partial charge >= 0.3 is 5.69 Å². The zero-order valence-electron chi connectivity index (χ0n) is 9.88. The second-order valence-corrected chi connectivity index (χ2v) is 4.85. The molecule has 0 aliphatic carbocycles. The number of likely N-dealkylation sites (N-methyl/N-ethyl adjacent to an activating group) is 1. The lowest BCUT2D eigenvalue weighted by atomic mass is 10.3. The third-order valence-electron chi connectivity index (χ3n) is 2.52. The SMILES string of the molecule is CN(CCc1cccs1)c1cc(C#N)[nH]c(=O)n1. The van der Waals surface area contributed by atoms with Gasteiger partial charge in [0, 0.05) is 24.5 Å². The Balaban J connectivity index is 2.09. The Morgan fingerprint density at radius 1 is 1.61 bits per heavy atom. The standard InChI is InChI=1S/C12H12N4OS/c1-16(5-4-10-3-2-6-18-10)11-7-9(8-13)14-12(17)15-11/h2-3,6-7H,4-5H2,1H3,(H,14,15,17). The molecule has 0 aliphatic rings. The first kappa shape index (κ1) is 12.3. The topological polar surface area (TPSA) is 72.8 Å². The monoisotopic (exact) mass is 260 g/mol. The summed E-state index contributed by atoms with van der Waals surface area (Å²) in [5.74, 6) is 0.520. The smallest absolute Gasteiger partial charge is 0.347 e. The summed E-state index contributed by atoms with van der Waals surface area (Å²) in [4.78, 5) is 20.6. The van der Waals surface area contributed by atoms with Gasteiger partial charge in [0.2, 0.25) is 0 Å². The van der Waals surface area contributed by atoms with Crippen molar-refractivity contribution < 1.29 is 0 Å². The summed E-state index contributed by atoms with van der Waals surface area (Å²) < 4.78 is 0. The zero-order valence-corrected chi connectivity index (χ0v) is 10.7. The molecule has 0 unspecified atom stereocenters. The third kappa shape index (κ3) is 2.96. The third-order valence-corrected chi connectivity index (χ3v) is 3.45. The Labute approximate surface area is 108 Å². The summed E-state index contributed by atoms with van der Waals surface area (Å²) in [6.07, 6.45) is 0.893. The quantitative estimate of drug-likeness (QED) is 0.901. The van der Waals surface area contributed by atoms with Gasteiger partial charge in [0.05, 0.1) is 0 Å². The lowest BCUT2D eigenvalue weighted by molar-refractivity contribution is 0.855. The number of anilines is 1. The van der Waals surface area contributed by atoms with E-state index in [1.54, 1.807) is 17.4 Å². The van der Waals surface area contributed by atoms with Crippen molar-refractivity contribution >= 4 is 17.2 Å². The van der Waals surface area contributed by atoms with Gasteiger partial charge in [-0.15, -0.1) is 11.3 Å². The first-order valence-electron chi connectivity index (χ1n) is 5.44. The largest absolute Gasteiger partial charge is 0.359 e. The molecule has 0 saturated heterocycles. The maximum atomic E-state index is 11.3. The van der Waals surface area contributed by atoms with Crippen LogP contribution in [0.2, 0.25) is 0 Å². The van der Waals surface area contributed by atoms with Crippen LogP contribution >= 0.6 is 11.3 Å². The number of aromatic amines is 1. The van der Waals surface area contributed by atoms with Crippen molar-refractivity contribution in [1.29, 1.82) is 5.26 Å². The number of rotatable bonds is 4. The van der Waals surface area contributed by atoms with Crippen molar-refractivity contribution in [2.24, 2.45) is 0 Å². The van der Waals surface area contributed by atoms with Gasteiger partial charge in [0.25, 0.3) is 0 Å². The summed E-state index contributed by atoms with van der Waals surface area (Å²) in [6.45, 7) is 0.752. The number of H-pyrrole nitrogens is 1. The summed E-state index contributed by atoms with van der Waals surface area (Å²) in [6, 6.07) is 7.58. The molecule has 92 valence electrons.